The Morgan fingerprint density at radius 2 is 2.24 bits per heavy atom. The minimum absolute atomic E-state index is 0.0913. The Bertz CT molecular complexity index is 389. The lowest BCUT2D eigenvalue weighted by Gasteiger charge is -2.24. The topological polar surface area (TPSA) is 45.2 Å². The van der Waals surface area contributed by atoms with Gasteiger partial charge in [-0.05, 0) is 27.3 Å². The molecule has 0 aliphatic heterocycles. The number of nitrogens with one attached hydrogen (secondary N) is 1. The van der Waals surface area contributed by atoms with E-state index in [4.69, 9.17) is 0 Å². The number of aryl methyl sites for hydroxylation is 2. The van der Waals surface area contributed by atoms with Crippen LogP contribution in [-0.4, -0.2) is 36.4 Å². The lowest BCUT2D eigenvalue weighted by molar-refractivity contribution is -0.130. The van der Waals surface area contributed by atoms with Gasteiger partial charge in [-0.1, -0.05) is 6.92 Å². The highest BCUT2D eigenvalue weighted by atomic mass is 32.1. The fraction of sp³-hybridized carbons (Fsp3) is 0.667. The summed E-state index contributed by atoms with van der Waals surface area (Å²) in [5, 5.41) is 4.02. The number of amides is 1. The van der Waals surface area contributed by atoms with Gasteiger partial charge in [-0.2, -0.15) is 0 Å². The van der Waals surface area contributed by atoms with Crippen molar-refractivity contribution in [1.29, 1.82) is 0 Å². The Morgan fingerprint density at radius 1 is 1.59 bits per heavy atom. The molecule has 1 heterocycles. The van der Waals surface area contributed by atoms with E-state index in [0.29, 0.717) is 6.54 Å². The van der Waals surface area contributed by atoms with Crippen LogP contribution in [0.5, 0.6) is 0 Å². The summed E-state index contributed by atoms with van der Waals surface area (Å²) >= 11 is 1.71. The van der Waals surface area contributed by atoms with Crippen molar-refractivity contribution in [3.8, 4) is 0 Å². The van der Waals surface area contributed by atoms with Crippen molar-refractivity contribution < 1.29 is 4.79 Å². The summed E-state index contributed by atoms with van der Waals surface area (Å²) in [6, 6.07) is 0.0913. The van der Waals surface area contributed by atoms with Crippen LogP contribution >= 0.6 is 11.3 Å². The average Bonchev–Trinajstić information content (AvgIpc) is 2.69. The van der Waals surface area contributed by atoms with E-state index in [1.807, 2.05) is 20.9 Å². The molecular weight excluding hydrogens is 234 g/mol. The SMILES string of the molecule is CCc1nc(C)c(C(C)N(C)C(=O)CNC)s1. The second-order valence-electron chi connectivity index (χ2n) is 4.12. The van der Waals surface area contributed by atoms with Crippen molar-refractivity contribution in [1.82, 2.24) is 15.2 Å². The number of carbonyl (C=O) groups is 1. The van der Waals surface area contributed by atoms with E-state index in [2.05, 4.69) is 17.2 Å². The molecule has 0 aliphatic carbocycles. The first-order valence-electron chi connectivity index (χ1n) is 5.87. The highest BCUT2D eigenvalue weighted by Gasteiger charge is 2.21. The number of aromatic nitrogens is 1. The lowest BCUT2D eigenvalue weighted by atomic mass is 10.2. The Balaban J connectivity index is 2.83. The number of nitrogens with zero attached hydrogens (tertiary/aromatic N) is 2. The van der Waals surface area contributed by atoms with E-state index in [1.54, 1.807) is 23.3 Å². The lowest BCUT2D eigenvalue weighted by Crippen LogP contribution is -2.35. The zero-order valence-corrected chi connectivity index (χ0v) is 12.0. The maximum atomic E-state index is 11.8. The fourth-order valence-corrected chi connectivity index (χ4v) is 2.78. The summed E-state index contributed by atoms with van der Waals surface area (Å²) < 4.78 is 0. The molecule has 1 aromatic rings. The van der Waals surface area contributed by atoms with Gasteiger partial charge in [-0.15, -0.1) is 11.3 Å². The maximum Gasteiger partial charge on any atom is 0.236 e. The van der Waals surface area contributed by atoms with Gasteiger partial charge in [0.15, 0.2) is 0 Å². The van der Waals surface area contributed by atoms with Crippen LogP contribution in [0.3, 0.4) is 0 Å². The van der Waals surface area contributed by atoms with Crippen molar-refractivity contribution in [2.75, 3.05) is 20.6 Å². The molecule has 1 unspecified atom stereocenters. The molecule has 0 fully saturated rings. The van der Waals surface area contributed by atoms with Crippen molar-refractivity contribution >= 4 is 17.2 Å². The summed E-state index contributed by atoms with van der Waals surface area (Å²) in [6.07, 6.45) is 0.951. The van der Waals surface area contributed by atoms with Crippen molar-refractivity contribution in [3.05, 3.63) is 15.6 Å². The van der Waals surface area contributed by atoms with Crippen LogP contribution in [-0.2, 0) is 11.2 Å². The fourth-order valence-electron chi connectivity index (χ4n) is 1.67. The number of thiazole rings is 1. The molecule has 17 heavy (non-hydrogen) atoms. The predicted molar refractivity (Wildman–Crippen MR) is 71.3 cm³/mol. The molecule has 4 nitrogen and oxygen atoms in total. The number of hydrogen-bond acceptors (Lipinski definition) is 4. The molecule has 0 saturated heterocycles. The summed E-state index contributed by atoms with van der Waals surface area (Å²) in [5.74, 6) is 0.103. The molecule has 1 amide bonds. The average molecular weight is 255 g/mol. The van der Waals surface area contributed by atoms with E-state index in [-0.39, 0.29) is 11.9 Å². The van der Waals surface area contributed by atoms with Crippen LogP contribution in [0.1, 0.15) is 35.5 Å². The largest absolute Gasteiger partial charge is 0.337 e. The summed E-state index contributed by atoms with van der Waals surface area (Å²) in [7, 11) is 3.62. The Hall–Kier alpha value is -0.940. The minimum atomic E-state index is 0.0913. The molecule has 0 aliphatic rings. The van der Waals surface area contributed by atoms with E-state index in [9.17, 15) is 4.79 Å². The minimum Gasteiger partial charge on any atom is -0.337 e. The molecule has 0 spiro atoms. The molecule has 0 bridgehead atoms. The van der Waals surface area contributed by atoms with Gasteiger partial charge in [0.25, 0.3) is 0 Å². The molecular formula is C12H21N3OS. The number of likely N-dealkylation sites (N-methyl/N-ethyl adjacent to an activating group) is 2. The van der Waals surface area contributed by atoms with Crippen molar-refractivity contribution in [2.24, 2.45) is 0 Å². The first-order valence-corrected chi connectivity index (χ1v) is 6.69. The summed E-state index contributed by atoms with van der Waals surface area (Å²) in [5.41, 5.74) is 1.04. The van der Waals surface area contributed by atoms with Gasteiger partial charge in [-0.3, -0.25) is 4.79 Å². The van der Waals surface area contributed by atoms with Gasteiger partial charge < -0.3 is 10.2 Å². The predicted octanol–water partition coefficient (Wildman–Crippen LogP) is 1.75. The smallest absolute Gasteiger partial charge is 0.236 e. The van der Waals surface area contributed by atoms with Crippen LogP contribution < -0.4 is 5.32 Å². The van der Waals surface area contributed by atoms with Gasteiger partial charge in [0.1, 0.15) is 0 Å². The Kier molecular flexibility index (Phi) is 5.08. The number of rotatable bonds is 5. The summed E-state index contributed by atoms with van der Waals surface area (Å²) in [6.45, 7) is 6.54. The van der Waals surface area contributed by atoms with Crippen LogP contribution in [0.15, 0.2) is 0 Å². The Morgan fingerprint density at radius 3 is 2.71 bits per heavy atom. The third-order valence-corrected chi connectivity index (χ3v) is 4.33. The van der Waals surface area contributed by atoms with E-state index in [1.165, 1.54) is 4.88 Å². The molecule has 1 aromatic heterocycles. The number of hydrogen-bond donors (Lipinski definition) is 1. The molecule has 0 saturated carbocycles. The standard InChI is InChI=1S/C12H21N3OS/c1-6-10-14-8(2)12(17-10)9(3)15(5)11(16)7-13-4/h9,13H,6-7H2,1-5H3. The molecule has 0 aromatic carbocycles. The maximum absolute atomic E-state index is 11.8. The third-order valence-electron chi connectivity index (χ3n) is 2.86. The van der Waals surface area contributed by atoms with Crippen LogP contribution in [0.4, 0.5) is 0 Å². The zero-order valence-electron chi connectivity index (χ0n) is 11.2. The van der Waals surface area contributed by atoms with Gasteiger partial charge in [0.2, 0.25) is 5.91 Å². The van der Waals surface area contributed by atoms with Crippen molar-refractivity contribution in [2.45, 2.75) is 33.2 Å². The van der Waals surface area contributed by atoms with Gasteiger partial charge in [-0.25, -0.2) is 4.98 Å². The Labute approximate surface area is 107 Å². The highest BCUT2D eigenvalue weighted by Crippen LogP contribution is 2.28. The van der Waals surface area contributed by atoms with Gasteiger partial charge in [0.05, 0.1) is 23.3 Å². The van der Waals surface area contributed by atoms with Crippen molar-refractivity contribution in [3.63, 3.8) is 0 Å². The highest BCUT2D eigenvalue weighted by molar-refractivity contribution is 7.11. The van der Waals surface area contributed by atoms with Gasteiger partial charge in [0, 0.05) is 11.9 Å². The zero-order chi connectivity index (χ0) is 13.0. The first kappa shape index (κ1) is 14.1. The normalized spacial score (nSPS) is 12.5. The monoisotopic (exact) mass is 255 g/mol. The van der Waals surface area contributed by atoms with E-state index in [0.717, 1.165) is 17.1 Å². The third kappa shape index (κ3) is 3.26. The molecule has 1 rings (SSSR count). The molecule has 1 atom stereocenters. The first-order chi connectivity index (χ1) is 8.01. The second-order valence-corrected chi connectivity index (χ2v) is 5.24. The molecule has 5 heteroatoms. The van der Waals surface area contributed by atoms with Crippen LogP contribution in [0, 0.1) is 6.92 Å². The molecule has 0 radical (unpaired) electrons. The quantitative estimate of drug-likeness (QED) is 0.872. The van der Waals surface area contributed by atoms with Gasteiger partial charge >= 0.3 is 0 Å². The molecule has 1 N–H and O–H groups in total. The second kappa shape index (κ2) is 6.12. The van der Waals surface area contributed by atoms with Crippen LogP contribution in [0.2, 0.25) is 0 Å². The van der Waals surface area contributed by atoms with E-state index < -0.39 is 0 Å². The van der Waals surface area contributed by atoms with E-state index >= 15 is 0 Å². The van der Waals surface area contributed by atoms with Crippen LogP contribution in [0.25, 0.3) is 0 Å². The molecule has 96 valence electrons. The number of carbonyl (C=O) groups excluding carboxylic acids is 1. The summed E-state index contributed by atoms with van der Waals surface area (Å²) in [4.78, 5) is 19.3.